The topological polar surface area (TPSA) is 49.3 Å². The summed E-state index contributed by atoms with van der Waals surface area (Å²) in [5.41, 5.74) is 0.891. The molecular weight excluding hydrogens is 369 g/mol. The Morgan fingerprint density at radius 2 is 2.12 bits per heavy atom. The monoisotopic (exact) mass is 381 g/mol. The van der Waals surface area contributed by atoms with Gasteiger partial charge in [0.2, 0.25) is 0 Å². The van der Waals surface area contributed by atoms with Gasteiger partial charge in [-0.2, -0.15) is 11.3 Å². The van der Waals surface area contributed by atoms with Crippen LogP contribution in [-0.4, -0.2) is 17.6 Å². The number of nitrogens with one attached hydrogen (secondary N) is 1. The summed E-state index contributed by atoms with van der Waals surface area (Å²) < 4.78 is 13.7. The van der Waals surface area contributed by atoms with Crippen LogP contribution in [0, 0.1) is 5.82 Å². The molecule has 0 unspecified atom stereocenters. The lowest BCUT2D eigenvalue weighted by Gasteiger charge is -2.11. The van der Waals surface area contributed by atoms with Crippen molar-refractivity contribution in [2.24, 2.45) is 0 Å². The molecule has 0 fully saturated rings. The second-order valence-electron chi connectivity index (χ2n) is 5.04. The maximum absolute atomic E-state index is 13.7. The van der Waals surface area contributed by atoms with Crippen molar-refractivity contribution in [3.8, 4) is 10.4 Å². The molecule has 3 nitrogen and oxygen atoms in total. The minimum Gasteiger partial charge on any atom is -0.386 e. The molecule has 0 radical (unpaired) electrons. The normalized spacial score (nSPS) is 12.1. The van der Waals surface area contributed by atoms with Crippen molar-refractivity contribution in [3.05, 3.63) is 68.4 Å². The first-order valence-electron chi connectivity index (χ1n) is 7.09. The quantitative estimate of drug-likeness (QED) is 0.671. The molecule has 1 aromatic carbocycles. The molecule has 7 heteroatoms. The highest BCUT2D eigenvalue weighted by molar-refractivity contribution is 7.16. The Kier molecular flexibility index (Phi) is 5.30. The number of carbonyl (C=O) groups is 1. The van der Waals surface area contributed by atoms with Crippen molar-refractivity contribution in [3.63, 3.8) is 0 Å². The lowest BCUT2D eigenvalue weighted by atomic mass is 10.2. The van der Waals surface area contributed by atoms with Gasteiger partial charge in [-0.3, -0.25) is 4.79 Å². The van der Waals surface area contributed by atoms with E-state index < -0.39 is 17.8 Å². The van der Waals surface area contributed by atoms with Crippen LogP contribution in [0.1, 0.15) is 21.3 Å². The molecule has 0 aliphatic rings. The number of hydrogen-bond donors (Lipinski definition) is 2. The van der Waals surface area contributed by atoms with Gasteiger partial charge < -0.3 is 10.4 Å². The van der Waals surface area contributed by atoms with E-state index in [1.165, 1.54) is 29.5 Å². The van der Waals surface area contributed by atoms with Crippen LogP contribution >= 0.6 is 34.3 Å². The maximum atomic E-state index is 13.7. The van der Waals surface area contributed by atoms with Crippen molar-refractivity contribution in [1.29, 1.82) is 0 Å². The molecule has 0 bridgehead atoms. The standard InChI is InChI=1S/C17H13ClFNO2S2/c18-11-2-1-3-12(19)16(11)17(22)20-8-13(21)15-5-4-14(24-15)10-6-7-23-9-10/h1-7,9,13,21H,8H2,(H,20,22)/t13-/m1/s1. The highest BCUT2D eigenvalue weighted by atomic mass is 35.5. The zero-order valence-electron chi connectivity index (χ0n) is 12.3. The van der Waals surface area contributed by atoms with E-state index in [2.05, 4.69) is 5.32 Å². The van der Waals surface area contributed by atoms with Gasteiger partial charge in [-0.25, -0.2) is 4.39 Å². The molecule has 3 aromatic rings. The fourth-order valence-corrected chi connectivity index (χ4v) is 4.15. The van der Waals surface area contributed by atoms with Gasteiger partial charge in [0.05, 0.1) is 10.6 Å². The van der Waals surface area contributed by atoms with Crippen LogP contribution < -0.4 is 5.32 Å². The third-order valence-corrected chi connectivity index (χ3v) is 5.64. The molecule has 1 amide bonds. The molecule has 0 saturated carbocycles. The number of hydrogen-bond acceptors (Lipinski definition) is 4. The second kappa shape index (κ2) is 7.44. The van der Waals surface area contributed by atoms with E-state index in [-0.39, 0.29) is 17.1 Å². The summed E-state index contributed by atoms with van der Waals surface area (Å²) in [6.07, 6.45) is -0.864. The molecule has 3 rings (SSSR count). The highest BCUT2D eigenvalue weighted by Crippen LogP contribution is 2.32. The maximum Gasteiger partial charge on any atom is 0.255 e. The number of rotatable bonds is 5. The Morgan fingerprint density at radius 3 is 2.83 bits per heavy atom. The van der Waals surface area contributed by atoms with Crippen LogP contribution in [0.25, 0.3) is 10.4 Å². The summed E-state index contributed by atoms with van der Waals surface area (Å²) in [4.78, 5) is 13.9. The Hall–Kier alpha value is -1.73. The number of benzene rings is 1. The number of thiophene rings is 2. The molecule has 0 aliphatic carbocycles. The molecule has 0 spiro atoms. The molecule has 0 aliphatic heterocycles. The van der Waals surface area contributed by atoms with Crippen molar-refractivity contribution >= 4 is 40.2 Å². The van der Waals surface area contributed by atoms with E-state index in [0.29, 0.717) is 0 Å². The van der Waals surface area contributed by atoms with E-state index in [0.717, 1.165) is 15.3 Å². The predicted octanol–water partition coefficient (Wildman–Crippen LogP) is 4.73. The van der Waals surface area contributed by atoms with E-state index in [4.69, 9.17) is 11.6 Å². The average Bonchev–Trinajstić information content (AvgIpc) is 3.23. The Labute approximate surface area is 151 Å². The summed E-state index contributed by atoms with van der Waals surface area (Å²) in [7, 11) is 0. The van der Waals surface area contributed by atoms with Crippen LogP contribution in [-0.2, 0) is 0 Å². The van der Waals surface area contributed by atoms with Gasteiger partial charge in [-0.1, -0.05) is 17.7 Å². The van der Waals surface area contributed by atoms with Crippen LogP contribution in [0.4, 0.5) is 4.39 Å². The fraction of sp³-hybridized carbons (Fsp3) is 0.118. The largest absolute Gasteiger partial charge is 0.386 e. The number of aliphatic hydroxyl groups is 1. The lowest BCUT2D eigenvalue weighted by Crippen LogP contribution is -2.29. The Morgan fingerprint density at radius 1 is 1.29 bits per heavy atom. The van der Waals surface area contributed by atoms with Crippen molar-refractivity contribution in [2.45, 2.75) is 6.10 Å². The average molecular weight is 382 g/mol. The third-order valence-electron chi connectivity index (χ3n) is 3.41. The zero-order chi connectivity index (χ0) is 17.1. The number of amides is 1. The van der Waals surface area contributed by atoms with E-state index in [1.54, 1.807) is 11.3 Å². The molecule has 124 valence electrons. The van der Waals surface area contributed by atoms with Gasteiger partial charge in [0, 0.05) is 21.9 Å². The second-order valence-corrected chi connectivity index (χ2v) is 7.34. The van der Waals surface area contributed by atoms with Gasteiger partial charge in [0.1, 0.15) is 11.9 Å². The molecular formula is C17H13ClFNO2S2. The molecule has 2 N–H and O–H groups in total. The predicted molar refractivity (Wildman–Crippen MR) is 96.3 cm³/mol. The third kappa shape index (κ3) is 3.67. The van der Waals surface area contributed by atoms with Gasteiger partial charge >= 0.3 is 0 Å². The highest BCUT2D eigenvalue weighted by Gasteiger charge is 2.18. The number of halogens is 2. The van der Waals surface area contributed by atoms with Gasteiger partial charge in [-0.05, 0) is 41.1 Å². The fourth-order valence-electron chi connectivity index (χ4n) is 2.18. The summed E-state index contributed by atoms with van der Waals surface area (Å²) in [5, 5.41) is 16.8. The first-order chi connectivity index (χ1) is 11.6. The van der Waals surface area contributed by atoms with Gasteiger partial charge in [-0.15, -0.1) is 11.3 Å². The van der Waals surface area contributed by atoms with E-state index in [9.17, 15) is 14.3 Å². The van der Waals surface area contributed by atoms with Gasteiger partial charge in [0.25, 0.3) is 5.91 Å². The van der Waals surface area contributed by atoms with Gasteiger partial charge in [0.15, 0.2) is 0 Å². The molecule has 0 saturated heterocycles. The molecule has 1 atom stereocenters. The number of aliphatic hydroxyl groups excluding tert-OH is 1. The SMILES string of the molecule is O=C(NC[C@@H](O)c1ccc(-c2ccsc2)s1)c1c(F)cccc1Cl. The van der Waals surface area contributed by atoms with Crippen LogP contribution in [0.2, 0.25) is 5.02 Å². The van der Waals surface area contributed by atoms with Crippen LogP contribution in [0.3, 0.4) is 0 Å². The summed E-state index contributed by atoms with van der Waals surface area (Å²) in [6, 6.07) is 9.81. The first kappa shape index (κ1) is 17.1. The smallest absolute Gasteiger partial charge is 0.255 e. The summed E-state index contributed by atoms with van der Waals surface area (Å²) >= 11 is 8.92. The van der Waals surface area contributed by atoms with Crippen LogP contribution in [0.15, 0.2) is 47.2 Å². The summed E-state index contributed by atoms with van der Waals surface area (Å²) in [5.74, 6) is -1.34. The first-order valence-corrected chi connectivity index (χ1v) is 9.22. The van der Waals surface area contributed by atoms with E-state index >= 15 is 0 Å². The molecule has 2 heterocycles. The van der Waals surface area contributed by atoms with Crippen molar-refractivity contribution in [1.82, 2.24) is 5.32 Å². The molecule has 2 aromatic heterocycles. The molecule has 24 heavy (non-hydrogen) atoms. The Balaban J connectivity index is 1.65. The minimum absolute atomic E-state index is 0.0207. The minimum atomic E-state index is -0.864. The van der Waals surface area contributed by atoms with Crippen molar-refractivity contribution in [2.75, 3.05) is 6.54 Å². The van der Waals surface area contributed by atoms with Crippen LogP contribution in [0.5, 0.6) is 0 Å². The van der Waals surface area contributed by atoms with E-state index in [1.807, 2.05) is 29.0 Å². The zero-order valence-corrected chi connectivity index (χ0v) is 14.7. The Bertz CT molecular complexity index is 828. The lowest BCUT2D eigenvalue weighted by molar-refractivity contribution is 0.0914. The summed E-state index contributed by atoms with van der Waals surface area (Å²) in [6.45, 7) is -0.0207. The van der Waals surface area contributed by atoms with Crippen molar-refractivity contribution < 1.29 is 14.3 Å². The number of carbonyl (C=O) groups excluding carboxylic acids is 1.